The Bertz CT molecular complexity index is 164. The Morgan fingerprint density at radius 2 is 2.11 bits per heavy atom. The molecule has 0 amide bonds. The van der Waals surface area contributed by atoms with E-state index in [1.807, 2.05) is 0 Å². The highest BCUT2D eigenvalue weighted by molar-refractivity contribution is 6.12. The Kier molecular flexibility index (Phi) is 0.593. The van der Waals surface area contributed by atoms with Crippen LogP contribution in [0.5, 0.6) is 0 Å². The van der Waals surface area contributed by atoms with Gasteiger partial charge in [0.15, 0.2) is 0 Å². The van der Waals surface area contributed by atoms with Gasteiger partial charge in [-0.3, -0.25) is 0 Å². The fourth-order valence-electron chi connectivity index (χ4n) is 3.37. The van der Waals surface area contributed by atoms with Crippen LogP contribution in [0.1, 0.15) is 25.7 Å². The van der Waals surface area contributed by atoms with Crippen LogP contribution >= 0.6 is 0 Å². The fourth-order valence-corrected chi connectivity index (χ4v) is 3.37. The first kappa shape index (κ1) is 4.82. The van der Waals surface area contributed by atoms with Crippen LogP contribution in [-0.4, -0.2) is 7.85 Å². The zero-order chi connectivity index (χ0) is 6.06. The molecule has 0 aliphatic heterocycles. The topological polar surface area (TPSA) is 0 Å². The van der Waals surface area contributed by atoms with Gasteiger partial charge >= 0.3 is 0 Å². The van der Waals surface area contributed by atoms with Crippen molar-refractivity contribution < 1.29 is 0 Å². The third-order valence-corrected chi connectivity index (χ3v) is 3.98. The van der Waals surface area contributed by atoms with Crippen LogP contribution in [0.3, 0.4) is 0 Å². The highest BCUT2D eigenvalue weighted by Crippen LogP contribution is 2.79. The second kappa shape index (κ2) is 1.11. The normalized spacial score (nSPS) is 68.2. The molecule has 3 aliphatic carbocycles. The Morgan fingerprint density at radius 1 is 1.22 bits per heavy atom. The molecule has 0 nitrogen and oxygen atoms in total. The van der Waals surface area contributed by atoms with E-state index >= 15 is 0 Å². The molecule has 0 N–H and O–H groups in total. The summed E-state index contributed by atoms with van der Waals surface area (Å²) in [5.74, 6) is 2.68. The van der Waals surface area contributed by atoms with Gasteiger partial charge in [-0.15, -0.1) is 0 Å². The minimum atomic E-state index is 0.595. The Hall–Kier alpha value is 0.0649. The van der Waals surface area contributed by atoms with E-state index in [0.717, 1.165) is 17.3 Å². The number of hydrogen-bond acceptors (Lipinski definition) is 0. The van der Waals surface area contributed by atoms with Gasteiger partial charge in [-0.05, 0) is 30.1 Å². The van der Waals surface area contributed by atoms with Crippen LogP contribution < -0.4 is 0 Å². The second-order valence-corrected chi connectivity index (χ2v) is 4.19. The summed E-state index contributed by atoms with van der Waals surface area (Å²) in [5, 5.41) is 0. The van der Waals surface area contributed by atoms with Crippen LogP contribution in [0.15, 0.2) is 0 Å². The van der Waals surface area contributed by atoms with Crippen molar-refractivity contribution in [1.29, 1.82) is 0 Å². The molecule has 9 heavy (non-hydrogen) atoms. The van der Waals surface area contributed by atoms with E-state index in [4.69, 9.17) is 7.85 Å². The molecule has 0 aromatic heterocycles. The summed E-state index contributed by atoms with van der Waals surface area (Å²) < 4.78 is 0. The Balaban J connectivity index is 1.94. The molecular weight excluding hydrogens is 107 g/mol. The van der Waals surface area contributed by atoms with E-state index in [2.05, 4.69) is 0 Å². The minimum Gasteiger partial charge on any atom is -0.0735 e. The van der Waals surface area contributed by atoms with E-state index in [-0.39, 0.29) is 0 Å². The van der Waals surface area contributed by atoms with Crippen LogP contribution in [0.25, 0.3) is 0 Å². The molecule has 3 saturated carbocycles. The molecule has 1 heteroatoms. The molecule has 4 unspecified atom stereocenters. The van der Waals surface area contributed by atoms with Crippen molar-refractivity contribution in [2.45, 2.75) is 31.5 Å². The summed E-state index contributed by atoms with van der Waals surface area (Å²) in [5.41, 5.74) is 0.847. The average Bonchev–Trinajstić information content (AvgIpc) is 2.41. The van der Waals surface area contributed by atoms with Gasteiger partial charge in [0.25, 0.3) is 0 Å². The molecule has 0 aromatic rings. The molecule has 1 spiro atoms. The smallest absolute Gasteiger partial charge is 0.0703 e. The van der Waals surface area contributed by atoms with Crippen LogP contribution in [0.4, 0.5) is 0 Å². The van der Waals surface area contributed by atoms with Crippen molar-refractivity contribution in [2.24, 2.45) is 17.3 Å². The summed E-state index contributed by atoms with van der Waals surface area (Å²) in [6.45, 7) is 0. The van der Waals surface area contributed by atoms with Crippen molar-refractivity contribution >= 4 is 7.85 Å². The molecule has 4 atom stereocenters. The molecule has 3 rings (SSSR count). The quantitative estimate of drug-likeness (QED) is 0.425. The minimum absolute atomic E-state index is 0.595. The first-order valence-corrected chi connectivity index (χ1v) is 4.08. The predicted molar refractivity (Wildman–Crippen MR) is 37.4 cm³/mol. The molecule has 3 aliphatic rings. The van der Waals surface area contributed by atoms with Crippen molar-refractivity contribution in [1.82, 2.24) is 0 Å². The zero-order valence-corrected chi connectivity index (χ0v) is 5.64. The summed E-state index contributed by atoms with van der Waals surface area (Å²) in [6.07, 6.45) is 5.85. The van der Waals surface area contributed by atoms with Gasteiger partial charge in [-0.1, -0.05) is 18.7 Å². The lowest BCUT2D eigenvalue weighted by Crippen LogP contribution is -2.32. The second-order valence-electron chi connectivity index (χ2n) is 4.19. The van der Waals surface area contributed by atoms with Gasteiger partial charge in [0, 0.05) is 0 Å². The molecule has 0 bridgehead atoms. The van der Waals surface area contributed by atoms with E-state index < -0.39 is 0 Å². The monoisotopic (exact) mass is 118 g/mol. The van der Waals surface area contributed by atoms with Crippen molar-refractivity contribution in [2.75, 3.05) is 0 Å². The third kappa shape index (κ3) is 0.351. The largest absolute Gasteiger partial charge is 0.0735 e. The lowest BCUT2D eigenvalue weighted by atomic mass is 9.54. The average molecular weight is 118 g/mol. The molecular formula is C8H11B. The first-order valence-electron chi connectivity index (χ1n) is 4.08. The predicted octanol–water partition coefficient (Wildman–Crippen LogP) is 1.76. The third-order valence-electron chi connectivity index (χ3n) is 3.98. The van der Waals surface area contributed by atoms with Gasteiger partial charge in [-0.25, -0.2) is 0 Å². The van der Waals surface area contributed by atoms with Gasteiger partial charge in [0.1, 0.15) is 0 Å². The van der Waals surface area contributed by atoms with Crippen LogP contribution in [0, 0.1) is 17.3 Å². The molecule has 46 valence electrons. The Morgan fingerprint density at radius 3 is 2.56 bits per heavy atom. The molecule has 3 fully saturated rings. The summed E-state index contributed by atoms with van der Waals surface area (Å²) in [4.78, 5) is 0. The standard InChI is InChI=1S/C8H11B/c9-7-4-8-3-5(8)1-2-6(7)8/h5-7H,1-4H2. The van der Waals surface area contributed by atoms with E-state index in [1.54, 1.807) is 0 Å². The van der Waals surface area contributed by atoms with Crippen LogP contribution in [-0.2, 0) is 0 Å². The maximum atomic E-state index is 5.88. The van der Waals surface area contributed by atoms with Gasteiger partial charge in [0.05, 0.1) is 7.85 Å². The summed E-state index contributed by atoms with van der Waals surface area (Å²) >= 11 is 0. The first-order chi connectivity index (χ1) is 4.33. The van der Waals surface area contributed by atoms with Crippen LogP contribution in [0.2, 0.25) is 5.82 Å². The highest BCUT2D eigenvalue weighted by atomic mass is 14.7. The molecule has 2 radical (unpaired) electrons. The maximum absolute atomic E-state index is 5.88. The zero-order valence-electron chi connectivity index (χ0n) is 5.64. The van der Waals surface area contributed by atoms with E-state index in [1.165, 1.54) is 25.7 Å². The highest BCUT2D eigenvalue weighted by Gasteiger charge is 2.68. The van der Waals surface area contributed by atoms with Crippen molar-refractivity contribution in [3.8, 4) is 0 Å². The lowest BCUT2D eigenvalue weighted by molar-refractivity contribution is 0.167. The van der Waals surface area contributed by atoms with E-state index in [9.17, 15) is 0 Å². The van der Waals surface area contributed by atoms with Gasteiger partial charge < -0.3 is 0 Å². The molecule has 0 heterocycles. The van der Waals surface area contributed by atoms with Crippen molar-refractivity contribution in [3.05, 3.63) is 0 Å². The SMILES string of the molecule is [B]C1CC23CC2CCC13. The van der Waals surface area contributed by atoms with Gasteiger partial charge in [-0.2, -0.15) is 0 Å². The van der Waals surface area contributed by atoms with Gasteiger partial charge in [0.2, 0.25) is 0 Å². The van der Waals surface area contributed by atoms with Crippen molar-refractivity contribution in [3.63, 3.8) is 0 Å². The molecule has 0 aromatic carbocycles. The maximum Gasteiger partial charge on any atom is 0.0703 e. The number of rotatable bonds is 0. The fraction of sp³-hybridized carbons (Fsp3) is 1.00. The molecule has 0 saturated heterocycles. The summed E-state index contributed by atoms with van der Waals surface area (Å²) in [7, 11) is 5.88. The Labute approximate surface area is 57.4 Å². The lowest BCUT2D eigenvalue weighted by Gasteiger charge is -2.42. The number of hydrogen-bond donors (Lipinski definition) is 0. The summed E-state index contributed by atoms with van der Waals surface area (Å²) in [6, 6.07) is 0. The van der Waals surface area contributed by atoms with E-state index in [0.29, 0.717) is 5.82 Å².